The summed E-state index contributed by atoms with van der Waals surface area (Å²) in [6.07, 6.45) is 1.48. The smallest absolute Gasteiger partial charge is 0.269 e. The van der Waals surface area contributed by atoms with E-state index < -0.39 is 11.7 Å². The number of rotatable bonds is 5. The molecular formula is C18H20FN3O2. The molecule has 2 amide bonds. The summed E-state index contributed by atoms with van der Waals surface area (Å²) in [6.45, 7) is 6.17. The highest BCUT2D eigenvalue weighted by molar-refractivity contribution is 5.95. The lowest BCUT2D eigenvalue weighted by molar-refractivity contribution is 0.0943. The van der Waals surface area contributed by atoms with E-state index in [1.807, 2.05) is 13.8 Å². The van der Waals surface area contributed by atoms with Gasteiger partial charge in [0.15, 0.2) is 0 Å². The van der Waals surface area contributed by atoms with Crippen molar-refractivity contribution in [3.8, 4) is 11.1 Å². The van der Waals surface area contributed by atoms with Crippen LogP contribution in [0.25, 0.3) is 11.1 Å². The average Bonchev–Trinajstić information content (AvgIpc) is 2.55. The highest BCUT2D eigenvalue weighted by Gasteiger charge is 2.13. The first-order chi connectivity index (χ1) is 11.3. The number of nitrogens with two attached hydrogens (primary N) is 1. The minimum atomic E-state index is -0.701. The molecule has 0 bridgehead atoms. The topological polar surface area (TPSA) is 85.1 Å². The molecule has 2 rings (SSSR count). The van der Waals surface area contributed by atoms with E-state index in [4.69, 9.17) is 5.73 Å². The second-order valence-corrected chi connectivity index (χ2v) is 6.03. The van der Waals surface area contributed by atoms with Crippen LogP contribution in [0.5, 0.6) is 0 Å². The second kappa shape index (κ2) is 7.21. The zero-order chi connectivity index (χ0) is 17.9. The molecule has 126 valence electrons. The molecule has 0 aliphatic carbocycles. The van der Waals surface area contributed by atoms with Crippen LogP contribution in [0.15, 0.2) is 30.5 Å². The summed E-state index contributed by atoms with van der Waals surface area (Å²) in [5.41, 5.74) is 7.11. The number of hydrogen-bond donors (Lipinski definition) is 2. The minimum Gasteiger partial charge on any atom is -0.366 e. The molecule has 0 spiro atoms. The first kappa shape index (κ1) is 17.6. The SMILES string of the molecule is Cc1c(F)cc(C(N)=O)cc1-c1ccc(C(=O)NCC(C)C)nc1. The predicted molar refractivity (Wildman–Crippen MR) is 90.1 cm³/mol. The fraction of sp³-hybridized carbons (Fsp3) is 0.278. The predicted octanol–water partition coefficient (Wildman–Crippen LogP) is 2.68. The van der Waals surface area contributed by atoms with Crippen molar-refractivity contribution in [2.24, 2.45) is 11.7 Å². The van der Waals surface area contributed by atoms with Gasteiger partial charge in [0.1, 0.15) is 11.5 Å². The molecule has 0 unspecified atom stereocenters. The van der Waals surface area contributed by atoms with E-state index in [0.717, 1.165) is 6.07 Å². The van der Waals surface area contributed by atoms with Crippen molar-refractivity contribution in [1.82, 2.24) is 10.3 Å². The maximum Gasteiger partial charge on any atom is 0.269 e. The molecule has 1 heterocycles. The monoisotopic (exact) mass is 329 g/mol. The number of aromatic nitrogens is 1. The van der Waals surface area contributed by atoms with Crippen LogP contribution in [-0.4, -0.2) is 23.3 Å². The summed E-state index contributed by atoms with van der Waals surface area (Å²) in [5.74, 6) is -1.13. The summed E-state index contributed by atoms with van der Waals surface area (Å²) in [5, 5.41) is 2.78. The van der Waals surface area contributed by atoms with E-state index in [1.54, 1.807) is 19.1 Å². The number of benzene rings is 1. The van der Waals surface area contributed by atoms with Gasteiger partial charge in [-0.2, -0.15) is 0 Å². The van der Waals surface area contributed by atoms with Crippen LogP contribution < -0.4 is 11.1 Å². The number of carbonyl (C=O) groups excluding carboxylic acids is 2. The van der Waals surface area contributed by atoms with Crippen LogP contribution in [-0.2, 0) is 0 Å². The van der Waals surface area contributed by atoms with Crippen molar-refractivity contribution in [1.29, 1.82) is 0 Å². The third kappa shape index (κ3) is 3.95. The Balaban J connectivity index is 2.31. The number of halogens is 1. The van der Waals surface area contributed by atoms with E-state index in [9.17, 15) is 14.0 Å². The van der Waals surface area contributed by atoms with Gasteiger partial charge in [0.05, 0.1) is 0 Å². The Kier molecular flexibility index (Phi) is 5.28. The van der Waals surface area contributed by atoms with Crippen LogP contribution in [0.1, 0.15) is 40.3 Å². The normalized spacial score (nSPS) is 10.7. The van der Waals surface area contributed by atoms with Gasteiger partial charge in [-0.25, -0.2) is 4.39 Å². The molecule has 0 aliphatic rings. The number of nitrogens with one attached hydrogen (secondary N) is 1. The van der Waals surface area contributed by atoms with E-state index in [-0.39, 0.29) is 17.2 Å². The Hall–Kier alpha value is -2.76. The summed E-state index contributed by atoms with van der Waals surface area (Å²) in [6, 6.07) is 5.88. The van der Waals surface area contributed by atoms with Crippen LogP contribution in [0.4, 0.5) is 4.39 Å². The van der Waals surface area contributed by atoms with Crippen molar-refractivity contribution in [3.05, 3.63) is 53.1 Å². The van der Waals surface area contributed by atoms with Gasteiger partial charge in [0, 0.05) is 23.9 Å². The van der Waals surface area contributed by atoms with Gasteiger partial charge in [-0.3, -0.25) is 14.6 Å². The van der Waals surface area contributed by atoms with Gasteiger partial charge >= 0.3 is 0 Å². The third-order valence-corrected chi connectivity index (χ3v) is 3.61. The van der Waals surface area contributed by atoms with Gasteiger partial charge in [-0.1, -0.05) is 19.9 Å². The average molecular weight is 329 g/mol. The van der Waals surface area contributed by atoms with Crippen LogP contribution in [0.2, 0.25) is 0 Å². The fourth-order valence-electron chi connectivity index (χ4n) is 2.20. The molecule has 0 saturated carbocycles. The maximum absolute atomic E-state index is 14.0. The van der Waals surface area contributed by atoms with E-state index in [0.29, 0.717) is 29.2 Å². The van der Waals surface area contributed by atoms with E-state index >= 15 is 0 Å². The summed E-state index contributed by atoms with van der Waals surface area (Å²) in [4.78, 5) is 27.4. The van der Waals surface area contributed by atoms with E-state index in [2.05, 4.69) is 10.3 Å². The Morgan fingerprint density at radius 1 is 1.29 bits per heavy atom. The zero-order valence-electron chi connectivity index (χ0n) is 13.9. The lowest BCUT2D eigenvalue weighted by Gasteiger charge is -2.10. The first-order valence-electron chi connectivity index (χ1n) is 7.64. The van der Waals surface area contributed by atoms with Crippen molar-refractivity contribution in [2.45, 2.75) is 20.8 Å². The van der Waals surface area contributed by atoms with Crippen LogP contribution in [0, 0.1) is 18.7 Å². The quantitative estimate of drug-likeness (QED) is 0.884. The molecule has 0 saturated heterocycles. The van der Waals surface area contributed by atoms with Gasteiger partial charge < -0.3 is 11.1 Å². The molecular weight excluding hydrogens is 309 g/mol. The van der Waals surface area contributed by atoms with E-state index in [1.165, 1.54) is 12.3 Å². The van der Waals surface area contributed by atoms with Gasteiger partial charge in [-0.15, -0.1) is 0 Å². The number of primary amides is 1. The molecule has 2 aromatic rings. The van der Waals surface area contributed by atoms with Crippen molar-refractivity contribution in [2.75, 3.05) is 6.54 Å². The highest BCUT2D eigenvalue weighted by atomic mass is 19.1. The Morgan fingerprint density at radius 2 is 2.00 bits per heavy atom. The Morgan fingerprint density at radius 3 is 2.54 bits per heavy atom. The number of amides is 2. The molecule has 1 aromatic carbocycles. The molecule has 5 nitrogen and oxygen atoms in total. The molecule has 24 heavy (non-hydrogen) atoms. The summed E-state index contributed by atoms with van der Waals surface area (Å²) >= 11 is 0. The van der Waals surface area contributed by atoms with Crippen molar-refractivity contribution >= 4 is 11.8 Å². The first-order valence-corrected chi connectivity index (χ1v) is 7.64. The number of nitrogens with zero attached hydrogens (tertiary/aromatic N) is 1. The molecule has 3 N–H and O–H groups in total. The highest BCUT2D eigenvalue weighted by Crippen LogP contribution is 2.26. The summed E-state index contributed by atoms with van der Waals surface area (Å²) < 4.78 is 14.0. The number of carbonyl (C=O) groups is 2. The minimum absolute atomic E-state index is 0.0897. The largest absolute Gasteiger partial charge is 0.366 e. The third-order valence-electron chi connectivity index (χ3n) is 3.61. The van der Waals surface area contributed by atoms with Gasteiger partial charge in [0.25, 0.3) is 5.91 Å². The zero-order valence-corrected chi connectivity index (χ0v) is 13.9. The lowest BCUT2D eigenvalue weighted by atomic mass is 9.98. The summed E-state index contributed by atoms with van der Waals surface area (Å²) in [7, 11) is 0. The van der Waals surface area contributed by atoms with Gasteiger partial charge in [-0.05, 0) is 42.2 Å². The Labute approximate surface area is 140 Å². The standard InChI is InChI=1S/C18H20FN3O2/c1-10(2)8-22-18(24)16-5-4-12(9-21-16)14-6-13(17(20)23)7-15(19)11(14)3/h4-7,9-10H,8H2,1-3H3,(H2,20,23)(H,22,24). The molecule has 0 radical (unpaired) electrons. The van der Waals surface area contributed by atoms with Gasteiger partial charge in [0.2, 0.25) is 5.91 Å². The molecule has 0 atom stereocenters. The van der Waals surface area contributed by atoms with Crippen molar-refractivity contribution in [3.63, 3.8) is 0 Å². The number of hydrogen-bond acceptors (Lipinski definition) is 3. The molecule has 6 heteroatoms. The number of pyridine rings is 1. The fourth-order valence-corrected chi connectivity index (χ4v) is 2.20. The van der Waals surface area contributed by atoms with Crippen LogP contribution in [0.3, 0.4) is 0 Å². The lowest BCUT2D eigenvalue weighted by Crippen LogP contribution is -2.27. The Bertz CT molecular complexity index is 771. The van der Waals surface area contributed by atoms with Crippen molar-refractivity contribution < 1.29 is 14.0 Å². The van der Waals surface area contributed by atoms with Crippen LogP contribution >= 0.6 is 0 Å². The second-order valence-electron chi connectivity index (χ2n) is 6.03. The molecule has 0 fully saturated rings. The maximum atomic E-state index is 14.0. The molecule has 1 aromatic heterocycles. The molecule has 0 aliphatic heterocycles.